The molecule has 0 saturated carbocycles. The summed E-state index contributed by atoms with van der Waals surface area (Å²) in [6.07, 6.45) is 2.48. The Kier molecular flexibility index (Phi) is 3.51. The maximum atomic E-state index is 9.21. The number of nitrogen functional groups attached to an aromatic ring is 1. The third-order valence-corrected chi connectivity index (χ3v) is 3.63. The first-order valence-corrected chi connectivity index (χ1v) is 6.70. The number of aromatic nitrogens is 1. The highest BCUT2D eigenvalue weighted by atomic mass is 15.3. The number of hydrogen-bond donors (Lipinski definition) is 1. The summed E-state index contributed by atoms with van der Waals surface area (Å²) >= 11 is 0. The van der Waals surface area contributed by atoms with Crippen LogP contribution in [0.3, 0.4) is 0 Å². The standard InChI is InChI=1S/C14H22N4/c1-10(2)18-12(8-15)7-13(16)14(18)17-6-4-5-11(3)9-17/h7,10-11H,4-6,9,16H2,1-3H3/t11-/m1/s1. The average molecular weight is 246 g/mol. The molecular formula is C14H22N4. The molecule has 4 nitrogen and oxygen atoms in total. The van der Waals surface area contributed by atoms with E-state index in [9.17, 15) is 5.26 Å². The summed E-state index contributed by atoms with van der Waals surface area (Å²) in [6, 6.07) is 4.30. The second-order valence-corrected chi connectivity index (χ2v) is 5.58. The third kappa shape index (κ3) is 2.17. The highest BCUT2D eigenvalue weighted by Crippen LogP contribution is 2.33. The number of anilines is 2. The molecule has 1 aliphatic rings. The van der Waals surface area contributed by atoms with Crippen LogP contribution in [0, 0.1) is 17.2 Å². The van der Waals surface area contributed by atoms with E-state index in [0.717, 1.165) is 24.6 Å². The first-order valence-electron chi connectivity index (χ1n) is 6.70. The van der Waals surface area contributed by atoms with Gasteiger partial charge in [0, 0.05) is 19.1 Å². The van der Waals surface area contributed by atoms with Crippen LogP contribution in [-0.2, 0) is 0 Å². The van der Waals surface area contributed by atoms with Crippen LogP contribution in [0.15, 0.2) is 6.07 Å². The van der Waals surface area contributed by atoms with Crippen LogP contribution in [0.5, 0.6) is 0 Å². The van der Waals surface area contributed by atoms with E-state index in [1.807, 2.05) is 0 Å². The molecule has 0 spiro atoms. The number of nitrogens with zero attached hydrogens (tertiary/aromatic N) is 3. The van der Waals surface area contributed by atoms with E-state index < -0.39 is 0 Å². The van der Waals surface area contributed by atoms with Crippen molar-refractivity contribution >= 4 is 11.5 Å². The van der Waals surface area contributed by atoms with Crippen LogP contribution in [0.4, 0.5) is 11.5 Å². The minimum Gasteiger partial charge on any atom is -0.396 e. The molecule has 1 aromatic heterocycles. The maximum Gasteiger partial charge on any atom is 0.133 e. The zero-order valence-electron chi connectivity index (χ0n) is 11.5. The lowest BCUT2D eigenvalue weighted by Gasteiger charge is -2.34. The maximum absolute atomic E-state index is 9.21. The van der Waals surface area contributed by atoms with Gasteiger partial charge in [-0.2, -0.15) is 5.26 Å². The molecule has 0 unspecified atom stereocenters. The van der Waals surface area contributed by atoms with Gasteiger partial charge in [-0.1, -0.05) is 6.92 Å². The Morgan fingerprint density at radius 2 is 2.22 bits per heavy atom. The van der Waals surface area contributed by atoms with Crippen molar-refractivity contribution in [1.29, 1.82) is 5.26 Å². The number of hydrogen-bond acceptors (Lipinski definition) is 3. The Morgan fingerprint density at radius 1 is 1.50 bits per heavy atom. The van der Waals surface area contributed by atoms with Crippen LogP contribution in [-0.4, -0.2) is 17.7 Å². The molecule has 0 bridgehead atoms. The highest BCUT2D eigenvalue weighted by Gasteiger charge is 2.24. The van der Waals surface area contributed by atoms with Crippen LogP contribution < -0.4 is 10.6 Å². The summed E-state index contributed by atoms with van der Waals surface area (Å²) in [5, 5.41) is 9.21. The lowest BCUT2D eigenvalue weighted by atomic mass is 10.0. The Hall–Kier alpha value is -1.63. The fraction of sp³-hybridized carbons (Fsp3) is 0.643. The van der Waals surface area contributed by atoms with Crippen molar-refractivity contribution in [3.63, 3.8) is 0 Å². The Balaban J connectivity index is 2.43. The van der Waals surface area contributed by atoms with E-state index in [-0.39, 0.29) is 6.04 Å². The summed E-state index contributed by atoms with van der Waals surface area (Å²) in [4.78, 5) is 2.34. The quantitative estimate of drug-likeness (QED) is 0.873. The van der Waals surface area contributed by atoms with E-state index in [0.29, 0.717) is 11.6 Å². The second-order valence-electron chi connectivity index (χ2n) is 5.58. The smallest absolute Gasteiger partial charge is 0.133 e. The predicted octanol–water partition coefficient (Wildman–Crippen LogP) is 2.76. The first-order chi connectivity index (χ1) is 8.54. The second kappa shape index (κ2) is 4.93. The molecule has 4 heteroatoms. The van der Waals surface area contributed by atoms with Gasteiger partial charge in [-0.3, -0.25) is 0 Å². The number of nitrogens with two attached hydrogens (primary N) is 1. The molecule has 1 atom stereocenters. The van der Waals surface area contributed by atoms with Gasteiger partial charge in [0.25, 0.3) is 0 Å². The van der Waals surface area contributed by atoms with Gasteiger partial charge in [0.1, 0.15) is 17.6 Å². The SMILES string of the molecule is CC(C)n1c(C#N)cc(N)c1N1CCC[C@@H](C)C1. The highest BCUT2D eigenvalue weighted by molar-refractivity contribution is 5.68. The molecule has 0 aliphatic carbocycles. The molecule has 0 amide bonds. The van der Waals surface area contributed by atoms with E-state index in [4.69, 9.17) is 5.73 Å². The topological polar surface area (TPSA) is 58.0 Å². The molecular weight excluding hydrogens is 224 g/mol. The molecule has 1 fully saturated rings. The van der Waals surface area contributed by atoms with Crippen LogP contribution in [0.25, 0.3) is 0 Å². The number of rotatable bonds is 2. The van der Waals surface area contributed by atoms with Crippen molar-refractivity contribution in [2.24, 2.45) is 5.92 Å². The van der Waals surface area contributed by atoms with Gasteiger partial charge < -0.3 is 15.2 Å². The first kappa shape index (κ1) is 12.8. The molecule has 2 N–H and O–H groups in total. The molecule has 2 rings (SSSR count). The minimum absolute atomic E-state index is 0.254. The molecule has 1 saturated heterocycles. The summed E-state index contributed by atoms with van der Waals surface area (Å²) in [5.74, 6) is 1.73. The van der Waals surface area contributed by atoms with Crippen molar-refractivity contribution in [2.45, 2.75) is 39.7 Å². The summed E-state index contributed by atoms with van der Waals surface area (Å²) in [7, 11) is 0. The summed E-state index contributed by atoms with van der Waals surface area (Å²) < 4.78 is 2.06. The van der Waals surface area contributed by atoms with Crippen molar-refractivity contribution in [3.8, 4) is 6.07 Å². The van der Waals surface area contributed by atoms with Crippen LogP contribution in [0.1, 0.15) is 45.3 Å². The Morgan fingerprint density at radius 3 is 2.78 bits per heavy atom. The third-order valence-electron chi connectivity index (χ3n) is 3.63. The molecule has 2 heterocycles. The van der Waals surface area contributed by atoms with E-state index in [1.165, 1.54) is 12.8 Å². The summed E-state index contributed by atoms with van der Waals surface area (Å²) in [6.45, 7) is 8.53. The van der Waals surface area contributed by atoms with Gasteiger partial charge in [0.05, 0.1) is 5.69 Å². The van der Waals surface area contributed by atoms with Gasteiger partial charge in [0.15, 0.2) is 0 Å². The monoisotopic (exact) mass is 246 g/mol. The van der Waals surface area contributed by atoms with Crippen LogP contribution >= 0.6 is 0 Å². The zero-order chi connectivity index (χ0) is 13.3. The lowest BCUT2D eigenvalue weighted by Crippen LogP contribution is -2.36. The number of piperidine rings is 1. The minimum atomic E-state index is 0.254. The van der Waals surface area contributed by atoms with E-state index >= 15 is 0 Å². The van der Waals surface area contributed by atoms with Gasteiger partial charge in [-0.25, -0.2) is 0 Å². The van der Waals surface area contributed by atoms with E-state index in [1.54, 1.807) is 6.07 Å². The van der Waals surface area contributed by atoms with Crippen molar-refractivity contribution in [3.05, 3.63) is 11.8 Å². The van der Waals surface area contributed by atoms with Gasteiger partial charge in [-0.15, -0.1) is 0 Å². The van der Waals surface area contributed by atoms with Gasteiger partial charge in [-0.05, 0) is 38.7 Å². The lowest BCUT2D eigenvalue weighted by molar-refractivity contribution is 0.437. The van der Waals surface area contributed by atoms with Crippen molar-refractivity contribution in [1.82, 2.24) is 4.57 Å². The average Bonchev–Trinajstić information content (AvgIpc) is 2.66. The van der Waals surface area contributed by atoms with Gasteiger partial charge in [0.2, 0.25) is 0 Å². The molecule has 98 valence electrons. The Bertz CT molecular complexity index is 467. The van der Waals surface area contributed by atoms with Crippen molar-refractivity contribution < 1.29 is 0 Å². The van der Waals surface area contributed by atoms with Crippen LogP contribution in [0.2, 0.25) is 0 Å². The summed E-state index contributed by atoms with van der Waals surface area (Å²) in [5.41, 5.74) is 7.51. The van der Waals surface area contributed by atoms with Gasteiger partial charge >= 0.3 is 0 Å². The molecule has 1 aliphatic heterocycles. The fourth-order valence-electron chi connectivity index (χ4n) is 2.86. The van der Waals surface area contributed by atoms with E-state index in [2.05, 4.69) is 36.3 Å². The Labute approximate surface area is 109 Å². The number of nitriles is 1. The largest absolute Gasteiger partial charge is 0.396 e. The molecule has 1 aromatic rings. The molecule has 18 heavy (non-hydrogen) atoms. The van der Waals surface area contributed by atoms with Crippen molar-refractivity contribution in [2.75, 3.05) is 23.7 Å². The zero-order valence-corrected chi connectivity index (χ0v) is 11.5. The normalized spacial score (nSPS) is 20.2. The fourth-order valence-corrected chi connectivity index (χ4v) is 2.86. The molecule has 0 aromatic carbocycles. The molecule has 0 radical (unpaired) electrons. The predicted molar refractivity (Wildman–Crippen MR) is 74.6 cm³/mol.